The van der Waals surface area contributed by atoms with E-state index in [1.807, 2.05) is 4.90 Å². The third-order valence-corrected chi connectivity index (χ3v) is 7.87. The van der Waals surface area contributed by atoms with E-state index in [0.717, 1.165) is 32.1 Å². The van der Waals surface area contributed by atoms with Crippen molar-refractivity contribution in [3.63, 3.8) is 0 Å². The molecule has 2 aliphatic heterocycles. The van der Waals surface area contributed by atoms with E-state index in [2.05, 4.69) is 0 Å². The van der Waals surface area contributed by atoms with Gasteiger partial charge in [0.1, 0.15) is 11.3 Å². The summed E-state index contributed by atoms with van der Waals surface area (Å²) in [6.45, 7) is 0. The molecule has 9 heteroatoms. The van der Waals surface area contributed by atoms with Gasteiger partial charge in [0.2, 0.25) is 0 Å². The number of benzene rings is 2. The van der Waals surface area contributed by atoms with Crippen LogP contribution in [0.15, 0.2) is 30.3 Å². The lowest BCUT2D eigenvalue weighted by Crippen LogP contribution is -2.43. The van der Waals surface area contributed by atoms with Crippen molar-refractivity contribution in [1.29, 1.82) is 0 Å². The summed E-state index contributed by atoms with van der Waals surface area (Å²) in [6.07, 6.45) is -5.02. The van der Waals surface area contributed by atoms with Crippen LogP contribution >= 0.6 is 0 Å². The Kier molecular flexibility index (Phi) is 6.16. The summed E-state index contributed by atoms with van der Waals surface area (Å²) in [5.41, 5.74) is -0.589. The Morgan fingerprint density at radius 1 is 0.829 bits per heavy atom. The van der Waals surface area contributed by atoms with Crippen LogP contribution < -0.4 is 4.74 Å². The predicted molar refractivity (Wildman–Crippen MR) is 118 cm³/mol. The molecular weight excluding hydrogens is 472 g/mol. The van der Waals surface area contributed by atoms with Gasteiger partial charge < -0.3 is 9.64 Å². The van der Waals surface area contributed by atoms with Gasteiger partial charge >= 0.3 is 12.4 Å². The maximum atomic E-state index is 14.1. The second-order valence-corrected chi connectivity index (χ2v) is 10.0. The van der Waals surface area contributed by atoms with Crippen molar-refractivity contribution in [1.82, 2.24) is 4.90 Å². The van der Waals surface area contributed by atoms with Crippen LogP contribution in [0.1, 0.15) is 73.7 Å². The molecule has 35 heavy (non-hydrogen) atoms. The highest BCUT2D eigenvalue weighted by Gasteiger charge is 2.43. The number of halogens is 6. The van der Waals surface area contributed by atoms with Crippen molar-refractivity contribution in [2.75, 3.05) is 0 Å². The number of fused-ring (bicyclic) bond motifs is 3. The number of hydrogen-bond donors (Lipinski definition) is 0. The summed E-state index contributed by atoms with van der Waals surface area (Å²) in [6, 6.07) is 7.36. The number of rotatable bonds is 3. The molecule has 0 radical (unpaired) electrons. The molecule has 3 nitrogen and oxygen atoms in total. The van der Waals surface area contributed by atoms with E-state index in [-0.39, 0.29) is 60.2 Å². The van der Waals surface area contributed by atoms with Gasteiger partial charge in [0.05, 0.1) is 12.0 Å². The maximum absolute atomic E-state index is 14.1. The molecule has 0 N–H and O–H groups in total. The van der Waals surface area contributed by atoms with Gasteiger partial charge in [-0.3, -0.25) is 4.79 Å². The van der Waals surface area contributed by atoms with Crippen LogP contribution in [0.2, 0.25) is 0 Å². The summed E-state index contributed by atoms with van der Waals surface area (Å²) < 4.78 is 86.7. The normalized spacial score (nSPS) is 27.3. The van der Waals surface area contributed by atoms with Gasteiger partial charge in [-0.25, -0.2) is 0 Å². The fraction of sp³-hybridized carbons (Fsp3) is 0.577. The standard InChI is InChI=1S/C26H27F6NO2/c27-25(28,29)17-6-10-20(11-7-17)35-22-13-5-15-14-16(4-12-21(15)23(22)26(30,31)32)24(34)33-18-2-1-3-19(33)9-8-18/h4-5,12-14,17-20H,1-3,6-11H2. The minimum Gasteiger partial charge on any atom is -0.490 e. The fourth-order valence-corrected chi connectivity index (χ4v) is 6.12. The molecule has 3 aliphatic rings. The molecule has 2 aromatic carbocycles. The molecule has 2 aromatic rings. The molecule has 5 rings (SSSR count). The van der Waals surface area contributed by atoms with Crippen molar-refractivity contribution >= 4 is 16.7 Å². The van der Waals surface area contributed by atoms with Gasteiger partial charge in [0.15, 0.2) is 0 Å². The first kappa shape index (κ1) is 24.3. The average Bonchev–Trinajstić information content (AvgIpc) is 3.05. The van der Waals surface area contributed by atoms with Gasteiger partial charge in [0, 0.05) is 17.6 Å². The van der Waals surface area contributed by atoms with Crippen molar-refractivity contribution in [3.05, 3.63) is 41.5 Å². The third kappa shape index (κ3) is 4.70. The van der Waals surface area contributed by atoms with Crippen LogP contribution in [0.4, 0.5) is 26.3 Å². The summed E-state index contributed by atoms with van der Waals surface area (Å²) >= 11 is 0. The topological polar surface area (TPSA) is 29.5 Å². The molecule has 190 valence electrons. The lowest BCUT2D eigenvalue weighted by atomic mass is 9.87. The van der Waals surface area contributed by atoms with Crippen molar-refractivity contribution in [2.45, 2.75) is 88.3 Å². The number of carbonyl (C=O) groups is 1. The van der Waals surface area contributed by atoms with E-state index >= 15 is 0 Å². The van der Waals surface area contributed by atoms with E-state index < -0.39 is 29.9 Å². The zero-order valence-corrected chi connectivity index (χ0v) is 19.1. The van der Waals surface area contributed by atoms with E-state index in [1.165, 1.54) is 30.3 Å². The van der Waals surface area contributed by atoms with Crippen LogP contribution in [0.25, 0.3) is 10.8 Å². The van der Waals surface area contributed by atoms with E-state index in [0.29, 0.717) is 5.56 Å². The molecule has 1 amide bonds. The van der Waals surface area contributed by atoms with Crippen LogP contribution in [0.5, 0.6) is 5.75 Å². The molecule has 2 heterocycles. The van der Waals surface area contributed by atoms with Crippen molar-refractivity contribution in [2.24, 2.45) is 5.92 Å². The number of alkyl halides is 6. The lowest BCUT2D eigenvalue weighted by molar-refractivity contribution is -0.185. The molecular formula is C26H27F6NO2. The fourth-order valence-electron chi connectivity index (χ4n) is 6.12. The Morgan fingerprint density at radius 2 is 1.49 bits per heavy atom. The smallest absolute Gasteiger partial charge is 0.420 e. The Bertz CT molecular complexity index is 1090. The van der Waals surface area contributed by atoms with E-state index in [4.69, 9.17) is 4.74 Å². The average molecular weight is 499 g/mol. The van der Waals surface area contributed by atoms with Gasteiger partial charge in [0.25, 0.3) is 5.91 Å². The van der Waals surface area contributed by atoms with Crippen molar-refractivity contribution in [3.8, 4) is 5.75 Å². The Hall–Kier alpha value is -2.45. The van der Waals surface area contributed by atoms with E-state index in [9.17, 15) is 31.1 Å². The van der Waals surface area contributed by atoms with E-state index in [1.54, 1.807) is 0 Å². The molecule has 2 unspecified atom stereocenters. The second kappa shape index (κ2) is 8.89. The van der Waals surface area contributed by atoms with Gasteiger partial charge in [-0.1, -0.05) is 12.1 Å². The van der Waals surface area contributed by atoms with Crippen molar-refractivity contribution < 1.29 is 35.9 Å². The Balaban J connectivity index is 1.41. The number of nitrogens with zero attached hydrogens (tertiary/aromatic N) is 1. The number of carbonyl (C=O) groups excluding carboxylic acids is 1. The predicted octanol–water partition coefficient (Wildman–Crippen LogP) is 7.52. The molecule has 3 fully saturated rings. The van der Waals surface area contributed by atoms with Crippen LogP contribution in [0.3, 0.4) is 0 Å². The Morgan fingerprint density at radius 3 is 2.09 bits per heavy atom. The minimum atomic E-state index is -4.73. The molecule has 0 spiro atoms. The molecule has 1 aliphatic carbocycles. The summed E-state index contributed by atoms with van der Waals surface area (Å²) in [5, 5.41) is 0.192. The minimum absolute atomic E-state index is 0.0467. The number of piperidine rings is 1. The third-order valence-electron chi connectivity index (χ3n) is 7.87. The first-order chi connectivity index (χ1) is 16.5. The molecule has 0 aromatic heterocycles. The molecule has 2 atom stereocenters. The van der Waals surface area contributed by atoms with Crippen LogP contribution in [-0.4, -0.2) is 35.2 Å². The highest BCUT2D eigenvalue weighted by molar-refractivity contribution is 6.00. The number of amides is 1. The van der Waals surface area contributed by atoms with Gasteiger partial charge in [-0.15, -0.1) is 0 Å². The zero-order chi connectivity index (χ0) is 25.0. The quantitative estimate of drug-likeness (QED) is 0.409. The highest BCUT2D eigenvalue weighted by atomic mass is 19.4. The number of hydrogen-bond acceptors (Lipinski definition) is 2. The maximum Gasteiger partial charge on any atom is 0.420 e. The summed E-state index contributed by atoms with van der Waals surface area (Å²) in [5.74, 6) is -1.96. The molecule has 2 saturated heterocycles. The molecule has 1 saturated carbocycles. The summed E-state index contributed by atoms with van der Waals surface area (Å²) in [7, 11) is 0. The van der Waals surface area contributed by atoms with Gasteiger partial charge in [-0.05, 0) is 86.8 Å². The first-order valence-electron chi connectivity index (χ1n) is 12.2. The first-order valence-corrected chi connectivity index (χ1v) is 12.2. The molecule has 2 bridgehead atoms. The van der Waals surface area contributed by atoms with Crippen LogP contribution in [-0.2, 0) is 6.18 Å². The van der Waals surface area contributed by atoms with Crippen LogP contribution in [0, 0.1) is 5.92 Å². The SMILES string of the molecule is O=C(c1ccc2c(C(F)(F)F)c(OC3CCC(C(F)(F)F)CC3)ccc2c1)N1C2CCCC1CC2. The largest absolute Gasteiger partial charge is 0.490 e. The summed E-state index contributed by atoms with van der Waals surface area (Å²) in [4.78, 5) is 15.1. The highest BCUT2D eigenvalue weighted by Crippen LogP contribution is 2.44. The zero-order valence-electron chi connectivity index (χ0n) is 19.1. The van der Waals surface area contributed by atoms with Gasteiger partial charge in [-0.2, -0.15) is 26.3 Å². The lowest BCUT2D eigenvalue weighted by Gasteiger charge is -2.35. The monoisotopic (exact) mass is 499 g/mol. The Labute approximate surface area is 199 Å². The number of ether oxygens (including phenoxy) is 1. The second-order valence-electron chi connectivity index (χ2n) is 10.0.